The van der Waals surface area contributed by atoms with Crippen molar-refractivity contribution in [3.05, 3.63) is 33.4 Å². The molecule has 2 amide bonds. The van der Waals surface area contributed by atoms with Gasteiger partial charge >= 0.3 is 5.97 Å². The minimum atomic E-state index is -3.89. The number of thiazole rings is 1. The second-order valence-corrected chi connectivity index (χ2v) is 14.8. The zero-order valence-electron chi connectivity index (χ0n) is 23.9. The van der Waals surface area contributed by atoms with Crippen LogP contribution in [0.4, 0.5) is 0 Å². The van der Waals surface area contributed by atoms with Gasteiger partial charge in [0, 0.05) is 30.2 Å². The third-order valence-electron chi connectivity index (χ3n) is 8.08. The van der Waals surface area contributed by atoms with Gasteiger partial charge in [0.05, 0.1) is 20.7 Å². The third-order valence-corrected chi connectivity index (χ3v) is 11.5. The van der Waals surface area contributed by atoms with E-state index in [0.717, 1.165) is 24.2 Å². The number of nitrogens with one attached hydrogen (secondary N) is 2. The first kappa shape index (κ1) is 31.4. The van der Waals surface area contributed by atoms with Crippen LogP contribution in [0.5, 0.6) is 0 Å². The van der Waals surface area contributed by atoms with Gasteiger partial charge in [-0.15, -0.1) is 11.3 Å². The molecular formula is C28H37ClN4O6S2. The smallest absolute Gasteiger partial charge is 0.306 e. The van der Waals surface area contributed by atoms with Crippen molar-refractivity contribution < 1.29 is 27.9 Å². The highest BCUT2D eigenvalue weighted by molar-refractivity contribution is 7.89. The van der Waals surface area contributed by atoms with E-state index in [0.29, 0.717) is 54.3 Å². The molecule has 10 nitrogen and oxygen atoms in total. The molecule has 2 fully saturated rings. The minimum Gasteiger partial charge on any atom is -0.481 e. The number of rotatable bonds is 9. The Kier molecular flexibility index (Phi) is 9.18. The molecule has 0 atom stereocenters. The number of carbonyl (C=O) groups is 3. The van der Waals surface area contributed by atoms with Crippen LogP contribution in [0.3, 0.4) is 0 Å². The van der Waals surface area contributed by atoms with Crippen LogP contribution in [-0.2, 0) is 14.8 Å². The topological polar surface area (TPSA) is 146 Å². The average Bonchev–Trinajstić information content (AvgIpc) is 3.31. The van der Waals surface area contributed by atoms with Crippen LogP contribution in [0, 0.1) is 18.8 Å². The first-order valence-corrected chi connectivity index (χ1v) is 16.5. The molecule has 2 aliphatic rings. The number of carboxylic acid groups (broad SMARTS) is 1. The molecule has 224 valence electrons. The van der Waals surface area contributed by atoms with E-state index in [2.05, 4.69) is 21.9 Å². The summed E-state index contributed by atoms with van der Waals surface area (Å²) in [4.78, 5) is 44.5. The number of piperidine rings is 1. The number of hydrogen-bond donors (Lipinski definition) is 3. The van der Waals surface area contributed by atoms with Crippen molar-refractivity contribution in [1.82, 2.24) is 19.9 Å². The molecule has 1 aromatic heterocycles. The van der Waals surface area contributed by atoms with Crippen LogP contribution < -0.4 is 10.0 Å². The lowest BCUT2D eigenvalue weighted by Crippen LogP contribution is -2.46. The van der Waals surface area contributed by atoms with E-state index in [1.807, 2.05) is 6.92 Å². The zero-order chi connectivity index (χ0) is 30.3. The Morgan fingerprint density at radius 3 is 2.41 bits per heavy atom. The van der Waals surface area contributed by atoms with Gasteiger partial charge in [-0.25, -0.2) is 18.1 Å². The van der Waals surface area contributed by atoms with Crippen LogP contribution in [0.2, 0.25) is 5.02 Å². The summed E-state index contributed by atoms with van der Waals surface area (Å²) in [7, 11) is -3.89. The molecule has 1 saturated heterocycles. The molecule has 1 aliphatic heterocycles. The largest absolute Gasteiger partial charge is 0.481 e. The Bertz CT molecular complexity index is 1460. The van der Waals surface area contributed by atoms with E-state index in [4.69, 9.17) is 16.7 Å². The highest BCUT2D eigenvalue weighted by Crippen LogP contribution is 2.40. The lowest BCUT2D eigenvalue weighted by atomic mass is 9.80. The molecule has 4 rings (SSSR count). The maximum Gasteiger partial charge on any atom is 0.306 e. The van der Waals surface area contributed by atoms with E-state index >= 15 is 0 Å². The Labute approximate surface area is 249 Å². The molecule has 13 heteroatoms. The summed E-state index contributed by atoms with van der Waals surface area (Å²) >= 11 is 7.79. The molecule has 0 unspecified atom stereocenters. The molecule has 1 aromatic carbocycles. The van der Waals surface area contributed by atoms with Crippen LogP contribution in [0.25, 0.3) is 10.4 Å². The second-order valence-electron chi connectivity index (χ2n) is 11.7. The third kappa shape index (κ3) is 6.76. The standard InChI is InChI=1S/C28H37ClN4O6S2/c1-6-28(4,5)32-41(38,39)20-8-7-19(21(29)16(20)3)23-22(26(35)33-11-9-15(2)10-12-33)31-25(40-23)24(34)30-18-13-17(14-18)27(36)37/h7-8,15,17-18,32H,6,9-14H2,1-5H3,(H,30,34)(H,36,37). The number of carbonyl (C=O) groups excluding carboxylic acids is 2. The second kappa shape index (κ2) is 12.0. The Balaban J connectivity index is 1.71. The van der Waals surface area contributed by atoms with Crippen molar-refractivity contribution >= 4 is 50.7 Å². The number of benzene rings is 1. The van der Waals surface area contributed by atoms with Gasteiger partial charge in [0.15, 0.2) is 5.01 Å². The maximum absolute atomic E-state index is 13.7. The molecule has 2 heterocycles. The number of aliphatic carboxylic acids is 1. The summed E-state index contributed by atoms with van der Waals surface area (Å²) in [6, 6.07) is 2.73. The van der Waals surface area contributed by atoms with E-state index in [1.54, 1.807) is 31.7 Å². The molecular weight excluding hydrogens is 588 g/mol. The number of amides is 2. The lowest BCUT2D eigenvalue weighted by Gasteiger charge is -2.32. The Morgan fingerprint density at radius 2 is 1.83 bits per heavy atom. The highest BCUT2D eigenvalue weighted by Gasteiger charge is 2.37. The molecule has 0 radical (unpaired) electrons. The lowest BCUT2D eigenvalue weighted by molar-refractivity contribution is -0.145. The summed E-state index contributed by atoms with van der Waals surface area (Å²) < 4.78 is 29.1. The molecule has 0 spiro atoms. The molecule has 3 N–H and O–H groups in total. The molecule has 41 heavy (non-hydrogen) atoms. The predicted molar refractivity (Wildman–Crippen MR) is 158 cm³/mol. The number of aromatic nitrogens is 1. The first-order valence-electron chi connectivity index (χ1n) is 13.8. The van der Waals surface area contributed by atoms with E-state index in [-0.39, 0.29) is 32.6 Å². The number of hydrogen-bond acceptors (Lipinski definition) is 7. The fourth-order valence-corrected chi connectivity index (χ4v) is 8.01. The van der Waals surface area contributed by atoms with Crippen LogP contribution >= 0.6 is 22.9 Å². The SMILES string of the molecule is CCC(C)(C)NS(=O)(=O)c1ccc(-c2sc(C(=O)NC3CC(C(=O)O)C3)nc2C(=O)N2CCC(C)CC2)c(Cl)c1C. The average molecular weight is 625 g/mol. The van der Waals surface area contributed by atoms with Crippen molar-refractivity contribution in [3.8, 4) is 10.4 Å². The summed E-state index contributed by atoms with van der Waals surface area (Å²) in [5.74, 6) is -1.67. The molecule has 1 saturated carbocycles. The number of sulfonamides is 1. The van der Waals surface area contributed by atoms with Crippen molar-refractivity contribution in [2.24, 2.45) is 11.8 Å². The van der Waals surface area contributed by atoms with Crippen molar-refractivity contribution in [1.29, 1.82) is 0 Å². The summed E-state index contributed by atoms with van der Waals surface area (Å²) in [6.45, 7) is 10.4. The van der Waals surface area contributed by atoms with Gasteiger partial charge in [0.25, 0.3) is 11.8 Å². The minimum absolute atomic E-state index is 0.0334. The Morgan fingerprint density at radius 1 is 1.20 bits per heavy atom. The van der Waals surface area contributed by atoms with Gasteiger partial charge in [-0.2, -0.15) is 0 Å². The van der Waals surface area contributed by atoms with Crippen LogP contribution in [-0.4, -0.2) is 65.9 Å². The summed E-state index contributed by atoms with van der Waals surface area (Å²) in [5, 5.41) is 12.2. The highest BCUT2D eigenvalue weighted by atomic mass is 35.5. The molecule has 2 aromatic rings. The monoisotopic (exact) mass is 624 g/mol. The van der Waals surface area contributed by atoms with Gasteiger partial charge < -0.3 is 15.3 Å². The number of likely N-dealkylation sites (tertiary alicyclic amines) is 1. The predicted octanol–water partition coefficient (Wildman–Crippen LogP) is 4.70. The normalized spacial score (nSPS) is 20.0. The van der Waals surface area contributed by atoms with Gasteiger partial charge in [0.2, 0.25) is 10.0 Å². The maximum atomic E-state index is 13.7. The Hall–Kier alpha value is -2.54. The van der Waals surface area contributed by atoms with Gasteiger partial charge in [-0.3, -0.25) is 14.4 Å². The van der Waals surface area contributed by atoms with Gasteiger partial charge in [-0.1, -0.05) is 31.5 Å². The van der Waals surface area contributed by atoms with Crippen molar-refractivity contribution in [3.63, 3.8) is 0 Å². The fraction of sp³-hybridized carbons (Fsp3) is 0.571. The van der Waals surface area contributed by atoms with Crippen LogP contribution in [0.1, 0.15) is 85.7 Å². The van der Waals surface area contributed by atoms with E-state index in [1.165, 1.54) is 6.07 Å². The van der Waals surface area contributed by atoms with Crippen molar-refractivity contribution in [2.75, 3.05) is 13.1 Å². The fourth-order valence-electron chi connectivity index (χ4n) is 4.92. The van der Waals surface area contributed by atoms with E-state index in [9.17, 15) is 22.8 Å². The first-order chi connectivity index (χ1) is 19.1. The van der Waals surface area contributed by atoms with Gasteiger partial charge in [0.1, 0.15) is 5.69 Å². The number of nitrogens with zero attached hydrogens (tertiary/aromatic N) is 2. The summed E-state index contributed by atoms with van der Waals surface area (Å²) in [6.07, 6.45) is 2.97. The zero-order valence-corrected chi connectivity index (χ0v) is 26.3. The molecule has 1 aliphatic carbocycles. The summed E-state index contributed by atoms with van der Waals surface area (Å²) in [5.41, 5.74) is 0.168. The van der Waals surface area contributed by atoms with Crippen molar-refractivity contribution in [2.45, 2.75) is 83.2 Å². The number of carboxylic acids is 1. The van der Waals surface area contributed by atoms with E-state index < -0.39 is 33.4 Å². The van der Waals surface area contributed by atoms with Crippen LogP contribution in [0.15, 0.2) is 17.0 Å². The quantitative estimate of drug-likeness (QED) is 0.366. The molecule has 0 bridgehead atoms. The van der Waals surface area contributed by atoms with Gasteiger partial charge in [-0.05, 0) is 70.4 Å². The number of halogens is 1.